The molecule has 150 valence electrons. The summed E-state index contributed by atoms with van der Waals surface area (Å²) in [4.78, 5) is 52.4. The van der Waals surface area contributed by atoms with E-state index in [1.54, 1.807) is 30.3 Å². The number of nitrogens with zero attached hydrogens (tertiary/aromatic N) is 1. The zero-order valence-corrected chi connectivity index (χ0v) is 16.4. The van der Waals surface area contributed by atoms with Crippen LogP contribution in [0.15, 0.2) is 42.5 Å². The molecule has 1 saturated heterocycles. The minimum absolute atomic E-state index is 0.109. The van der Waals surface area contributed by atoms with Gasteiger partial charge in [-0.15, -0.1) is 0 Å². The number of Topliss-reactive ketones (excluding diaryl/α,β-unsaturated/α-hetero) is 1. The van der Waals surface area contributed by atoms with Crippen molar-refractivity contribution in [3.63, 3.8) is 0 Å². The number of hydrogen-bond donors (Lipinski definition) is 0. The van der Waals surface area contributed by atoms with Gasteiger partial charge in [-0.05, 0) is 43.9 Å². The summed E-state index contributed by atoms with van der Waals surface area (Å²) in [5.74, 6) is -1.04. The van der Waals surface area contributed by atoms with Crippen molar-refractivity contribution < 1.29 is 23.9 Å². The van der Waals surface area contributed by atoms with Gasteiger partial charge in [-0.1, -0.05) is 42.5 Å². The van der Waals surface area contributed by atoms with E-state index >= 15 is 0 Å². The van der Waals surface area contributed by atoms with Gasteiger partial charge in [-0.3, -0.25) is 19.3 Å². The van der Waals surface area contributed by atoms with Crippen LogP contribution in [-0.2, 0) is 19.1 Å². The quantitative estimate of drug-likeness (QED) is 0.332. The fourth-order valence-corrected chi connectivity index (χ4v) is 5.63. The van der Waals surface area contributed by atoms with E-state index in [0.717, 1.165) is 11.3 Å². The maximum absolute atomic E-state index is 13.1. The first kappa shape index (κ1) is 18.3. The molecule has 6 rings (SSSR count). The van der Waals surface area contributed by atoms with Crippen LogP contribution in [0.25, 0.3) is 0 Å². The van der Waals surface area contributed by atoms with Crippen LogP contribution in [-0.4, -0.2) is 40.6 Å². The molecule has 0 unspecified atom stereocenters. The highest BCUT2D eigenvalue weighted by Crippen LogP contribution is 2.65. The third kappa shape index (κ3) is 2.61. The Kier molecular flexibility index (Phi) is 4.02. The molecule has 1 aromatic carbocycles. The van der Waals surface area contributed by atoms with E-state index in [4.69, 9.17) is 4.74 Å². The molecule has 1 aromatic rings. The molecule has 0 radical (unpaired) electrons. The Morgan fingerprint density at radius 2 is 1.52 bits per heavy atom. The number of hydrogen-bond acceptors (Lipinski definition) is 5. The van der Waals surface area contributed by atoms with Gasteiger partial charge in [0.25, 0.3) is 0 Å². The Bertz CT molecular complexity index is 902. The Morgan fingerprint density at radius 1 is 0.966 bits per heavy atom. The zero-order valence-electron chi connectivity index (χ0n) is 16.4. The maximum atomic E-state index is 13.1. The molecule has 8 atom stereocenters. The first-order valence-corrected chi connectivity index (χ1v) is 10.2. The average Bonchev–Trinajstić information content (AvgIpc) is 3.51. The van der Waals surface area contributed by atoms with Gasteiger partial charge >= 0.3 is 5.97 Å². The third-order valence-electron chi connectivity index (χ3n) is 7.15. The van der Waals surface area contributed by atoms with Gasteiger partial charge in [-0.2, -0.15) is 0 Å². The van der Waals surface area contributed by atoms with Crippen molar-refractivity contribution in [2.24, 2.45) is 35.5 Å². The number of imide groups is 1. The number of carbonyl (C=O) groups excluding carboxylic acids is 4. The number of carbonyl (C=O) groups is 4. The second-order valence-corrected chi connectivity index (χ2v) is 8.69. The predicted molar refractivity (Wildman–Crippen MR) is 102 cm³/mol. The summed E-state index contributed by atoms with van der Waals surface area (Å²) >= 11 is 0. The van der Waals surface area contributed by atoms with E-state index < -0.39 is 18.1 Å². The van der Waals surface area contributed by atoms with Crippen LogP contribution in [0.2, 0.25) is 0 Å². The van der Waals surface area contributed by atoms with Crippen LogP contribution in [0.3, 0.4) is 0 Å². The van der Waals surface area contributed by atoms with Crippen molar-refractivity contribution in [1.82, 2.24) is 4.90 Å². The van der Waals surface area contributed by atoms with Gasteiger partial charge in [-0.25, -0.2) is 4.79 Å². The van der Waals surface area contributed by atoms with Crippen molar-refractivity contribution in [1.29, 1.82) is 0 Å². The standard InChI is InChI=1S/C23H23NO5/c1-11(23(28)29-12(2)20(25)13-6-4-3-5-7-13)24-21(26)18-14-8-9-15(17-10-16(14)17)19(18)22(24)27/h3-9,11-12,14-19H,10H2,1-2H3/t11-,12+,14-,15-,16-,17-,18-,19+/m1/s1. The number of allylic oxidation sites excluding steroid dienone is 2. The molecule has 0 aromatic heterocycles. The molecule has 6 heteroatoms. The summed E-state index contributed by atoms with van der Waals surface area (Å²) in [5.41, 5.74) is 0.446. The topological polar surface area (TPSA) is 80.8 Å². The number of amides is 2. The molecule has 6 nitrogen and oxygen atoms in total. The highest BCUT2D eigenvalue weighted by Gasteiger charge is 2.67. The second kappa shape index (κ2) is 6.37. The largest absolute Gasteiger partial charge is 0.453 e. The molecule has 5 aliphatic rings. The lowest BCUT2D eigenvalue weighted by atomic mass is 9.63. The summed E-state index contributed by atoms with van der Waals surface area (Å²) in [5, 5.41) is 0. The Labute approximate surface area is 168 Å². The number of benzene rings is 1. The van der Waals surface area contributed by atoms with Gasteiger partial charge < -0.3 is 4.74 Å². The summed E-state index contributed by atoms with van der Waals surface area (Å²) < 4.78 is 5.34. The van der Waals surface area contributed by atoms with E-state index in [9.17, 15) is 19.2 Å². The smallest absolute Gasteiger partial charge is 0.329 e. The average molecular weight is 393 g/mol. The SMILES string of the molecule is C[C@H](OC(=O)[C@@H](C)N1C(=O)[C@@H]2[C@@H]3C=C[C@H]([C@H]4C[C@H]34)[C@@H]2C1=O)C(=O)c1ccccc1. The number of ketones is 1. The molecule has 2 amide bonds. The molecule has 1 heterocycles. The minimum Gasteiger partial charge on any atom is -0.453 e. The number of ether oxygens (including phenoxy) is 1. The first-order chi connectivity index (χ1) is 13.9. The minimum atomic E-state index is -1.04. The van der Waals surface area contributed by atoms with E-state index in [1.165, 1.54) is 13.8 Å². The lowest BCUT2D eigenvalue weighted by molar-refractivity contribution is -0.160. The fraction of sp³-hybridized carbons (Fsp3) is 0.478. The number of rotatable bonds is 5. The predicted octanol–water partition coefficient (Wildman–Crippen LogP) is 2.24. The van der Waals surface area contributed by atoms with Crippen molar-refractivity contribution in [2.45, 2.75) is 32.4 Å². The van der Waals surface area contributed by atoms with Gasteiger partial charge in [0.05, 0.1) is 11.8 Å². The number of esters is 1. The Morgan fingerprint density at radius 3 is 2.07 bits per heavy atom. The van der Waals surface area contributed by atoms with Crippen LogP contribution < -0.4 is 0 Å². The fourth-order valence-electron chi connectivity index (χ4n) is 5.63. The summed E-state index contributed by atoms with van der Waals surface area (Å²) in [7, 11) is 0. The van der Waals surface area contributed by atoms with Crippen LogP contribution in [0.1, 0.15) is 30.6 Å². The molecule has 0 spiro atoms. The van der Waals surface area contributed by atoms with E-state index in [2.05, 4.69) is 12.2 Å². The van der Waals surface area contributed by atoms with Crippen LogP contribution in [0, 0.1) is 35.5 Å². The van der Waals surface area contributed by atoms with Crippen molar-refractivity contribution in [3.8, 4) is 0 Å². The number of likely N-dealkylation sites (tertiary alicyclic amines) is 1. The van der Waals surface area contributed by atoms with E-state index in [0.29, 0.717) is 17.4 Å². The van der Waals surface area contributed by atoms with Gasteiger partial charge in [0.15, 0.2) is 6.10 Å². The molecule has 1 aliphatic heterocycles. The summed E-state index contributed by atoms with van der Waals surface area (Å²) in [6, 6.07) is 7.54. The molecule has 4 aliphatic carbocycles. The van der Waals surface area contributed by atoms with Gasteiger partial charge in [0.1, 0.15) is 6.04 Å². The van der Waals surface area contributed by atoms with Gasteiger partial charge in [0, 0.05) is 5.56 Å². The van der Waals surface area contributed by atoms with E-state index in [1.807, 2.05) is 0 Å². The molecule has 2 saturated carbocycles. The maximum Gasteiger partial charge on any atom is 0.329 e. The molecule has 29 heavy (non-hydrogen) atoms. The molecule has 3 fully saturated rings. The summed E-state index contributed by atoms with van der Waals surface area (Å²) in [6.07, 6.45) is 4.29. The molecule has 2 bridgehead atoms. The van der Waals surface area contributed by atoms with Crippen LogP contribution >= 0.6 is 0 Å². The molecule has 0 N–H and O–H groups in total. The highest BCUT2D eigenvalue weighted by atomic mass is 16.5. The zero-order chi connectivity index (χ0) is 20.4. The summed E-state index contributed by atoms with van der Waals surface area (Å²) in [6.45, 7) is 3.01. The Hall–Kier alpha value is -2.76. The van der Waals surface area contributed by atoms with Crippen molar-refractivity contribution in [3.05, 3.63) is 48.0 Å². The second-order valence-electron chi connectivity index (χ2n) is 8.69. The monoisotopic (exact) mass is 393 g/mol. The van der Waals surface area contributed by atoms with Gasteiger partial charge in [0.2, 0.25) is 17.6 Å². The highest BCUT2D eigenvalue weighted by molar-refractivity contribution is 6.09. The lowest BCUT2D eigenvalue weighted by Gasteiger charge is -2.37. The lowest BCUT2D eigenvalue weighted by Crippen LogP contribution is -2.46. The molecular formula is C23H23NO5. The normalized spacial score (nSPS) is 35.7. The van der Waals surface area contributed by atoms with Crippen LogP contribution in [0.4, 0.5) is 0 Å². The van der Waals surface area contributed by atoms with Crippen molar-refractivity contribution >= 4 is 23.6 Å². The van der Waals surface area contributed by atoms with Crippen molar-refractivity contribution in [2.75, 3.05) is 0 Å². The van der Waals surface area contributed by atoms with E-state index in [-0.39, 0.29) is 41.3 Å². The third-order valence-corrected chi connectivity index (χ3v) is 7.15. The Balaban J connectivity index is 1.30. The molecular weight excluding hydrogens is 370 g/mol. The van der Waals surface area contributed by atoms with Crippen LogP contribution in [0.5, 0.6) is 0 Å². The first-order valence-electron chi connectivity index (χ1n) is 10.2.